The van der Waals surface area contributed by atoms with Crippen molar-refractivity contribution in [1.82, 2.24) is 15.1 Å². The van der Waals surface area contributed by atoms with Crippen molar-refractivity contribution < 1.29 is 14.3 Å². The molecule has 0 aromatic heterocycles. The molecule has 2 amide bonds. The van der Waals surface area contributed by atoms with Gasteiger partial charge >= 0.3 is 0 Å². The fraction of sp³-hybridized carbons (Fsp3) is 0.391. The van der Waals surface area contributed by atoms with Crippen LogP contribution >= 0.6 is 0 Å². The molecule has 0 spiro atoms. The van der Waals surface area contributed by atoms with Crippen molar-refractivity contribution in [3.8, 4) is 0 Å². The number of benzene rings is 2. The number of carbonyl (C=O) groups is 2. The van der Waals surface area contributed by atoms with E-state index in [-0.39, 0.29) is 11.8 Å². The quantitative estimate of drug-likeness (QED) is 0.746. The Labute approximate surface area is 172 Å². The van der Waals surface area contributed by atoms with Crippen molar-refractivity contribution >= 4 is 11.8 Å². The van der Waals surface area contributed by atoms with E-state index in [9.17, 15) is 9.59 Å². The van der Waals surface area contributed by atoms with Crippen LogP contribution in [0.4, 0.5) is 0 Å². The maximum Gasteiger partial charge on any atom is 0.254 e. The summed E-state index contributed by atoms with van der Waals surface area (Å²) in [6, 6.07) is 16.9. The average Bonchev–Trinajstić information content (AvgIpc) is 2.78. The van der Waals surface area contributed by atoms with Gasteiger partial charge in [0.05, 0.1) is 13.2 Å². The molecule has 2 aromatic rings. The molecule has 3 rings (SSSR count). The molecule has 1 N–H and O–H groups in total. The average molecular weight is 396 g/mol. The van der Waals surface area contributed by atoms with Crippen LogP contribution < -0.4 is 5.32 Å². The van der Waals surface area contributed by atoms with Crippen molar-refractivity contribution in [3.05, 3.63) is 71.3 Å². The van der Waals surface area contributed by atoms with Gasteiger partial charge in [-0.2, -0.15) is 0 Å². The molecule has 1 saturated heterocycles. The molecule has 29 heavy (non-hydrogen) atoms. The van der Waals surface area contributed by atoms with Crippen molar-refractivity contribution in [2.24, 2.45) is 0 Å². The summed E-state index contributed by atoms with van der Waals surface area (Å²) in [5.41, 5.74) is 2.12. The van der Waals surface area contributed by atoms with Crippen molar-refractivity contribution in [1.29, 1.82) is 0 Å². The highest BCUT2D eigenvalue weighted by molar-refractivity contribution is 5.99. The van der Waals surface area contributed by atoms with E-state index in [0.717, 1.165) is 38.4 Å². The zero-order chi connectivity index (χ0) is 20.5. The van der Waals surface area contributed by atoms with E-state index in [1.807, 2.05) is 37.3 Å². The number of carbonyl (C=O) groups excluding carboxylic acids is 2. The van der Waals surface area contributed by atoms with Crippen LogP contribution in [0.2, 0.25) is 0 Å². The summed E-state index contributed by atoms with van der Waals surface area (Å²) in [6.07, 6.45) is 0. The molecule has 6 nitrogen and oxygen atoms in total. The fourth-order valence-corrected chi connectivity index (χ4v) is 3.36. The highest BCUT2D eigenvalue weighted by atomic mass is 16.5. The maximum atomic E-state index is 13.0. The van der Waals surface area contributed by atoms with Crippen LogP contribution in [0.3, 0.4) is 0 Å². The summed E-state index contributed by atoms with van der Waals surface area (Å²) in [5.74, 6) is -0.224. The van der Waals surface area contributed by atoms with Gasteiger partial charge in [-0.1, -0.05) is 36.4 Å². The Balaban J connectivity index is 1.58. The van der Waals surface area contributed by atoms with Gasteiger partial charge in [-0.3, -0.25) is 14.5 Å². The monoisotopic (exact) mass is 395 g/mol. The molecular formula is C23H29N3O3. The first-order valence-corrected chi connectivity index (χ1v) is 10.2. The van der Waals surface area contributed by atoms with Crippen molar-refractivity contribution in [3.63, 3.8) is 0 Å². The van der Waals surface area contributed by atoms with Crippen LogP contribution in [0.25, 0.3) is 0 Å². The summed E-state index contributed by atoms with van der Waals surface area (Å²) < 4.78 is 5.33. The third-order valence-corrected chi connectivity index (χ3v) is 5.07. The van der Waals surface area contributed by atoms with E-state index in [0.29, 0.717) is 30.8 Å². The fourth-order valence-electron chi connectivity index (χ4n) is 3.36. The Hall–Kier alpha value is -2.70. The molecule has 154 valence electrons. The molecular weight excluding hydrogens is 366 g/mol. The van der Waals surface area contributed by atoms with Gasteiger partial charge in [0.1, 0.15) is 0 Å². The molecule has 0 unspecified atom stereocenters. The molecule has 1 heterocycles. The highest BCUT2D eigenvalue weighted by Gasteiger charge is 2.17. The summed E-state index contributed by atoms with van der Waals surface area (Å²) >= 11 is 0. The maximum absolute atomic E-state index is 13.0. The van der Waals surface area contributed by atoms with E-state index >= 15 is 0 Å². The Morgan fingerprint density at radius 2 is 1.76 bits per heavy atom. The van der Waals surface area contributed by atoms with Crippen LogP contribution in [0.1, 0.15) is 33.2 Å². The standard InChI is InChI=1S/C23H29N3O3/c1-2-26(18-19-7-4-3-5-8-19)23(28)21-10-6-9-20(17-21)22(27)24-11-12-25-13-15-29-16-14-25/h3-10,17H,2,11-16,18H2,1H3,(H,24,27). The SMILES string of the molecule is CCN(Cc1ccccc1)C(=O)c1cccc(C(=O)NCCN2CCOCC2)c1. The Bertz CT molecular complexity index is 804. The van der Waals surface area contributed by atoms with E-state index in [1.54, 1.807) is 29.2 Å². The molecule has 0 radical (unpaired) electrons. The smallest absolute Gasteiger partial charge is 0.254 e. The minimum Gasteiger partial charge on any atom is -0.379 e. The van der Waals surface area contributed by atoms with Gasteiger partial charge in [-0.25, -0.2) is 0 Å². The van der Waals surface area contributed by atoms with Gasteiger partial charge in [-0.15, -0.1) is 0 Å². The first kappa shape index (κ1) is 21.0. The minimum absolute atomic E-state index is 0.0701. The van der Waals surface area contributed by atoms with Crippen LogP contribution in [0, 0.1) is 0 Å². The molecule has 1 fully saturated rings. The molecule has 2 aromatic carbocycles. The second-order valence-corrected chi connectivity index (χ2v) is 7.10. The molecule has 0 aliphatic carbocycles. The van der Waals surface area contributed by atoms with Crippen molar-refractivity contribution in [2.75, 3.05) is 45.9 Å². The normalized spacial score (nSPS) is 14.4. The summed E-state index contributed by atoms with van der Waals surface area (Å²) in [6.45, 7) is 7.77. The number of nitrogens with zero attached hydrogens (tertiary/aromatic N) is 2. The zero-order valence-electron chi connectivity index (χ0n) is 17.0. The number of nitrogens with one attached hydrogen (secondary N) is 1. The topological polar surface area (TPSA) is 61.9 Å². The number of hydrogen-bond acceptors (Lipinski definition) is 4. The van der Waals surface area contributed by atoms with E-state index < -0.39 is 0 Å². The number of morpholine rings is 1. The predicted molar refractivity (Wildman–Crippen MR) is 113 cm³/mol. The minimum atomic E-state index is -0.154. The molecule has 6 heteroatoms. The second kappa shape index (κ2) is 10.7. The van der Waals surface area contributed by atoms with Crippen molar-refractivity contribution in [2.45, 2.75) is 13.5 Å². The van der Waals surface area contributed by atoms with Crippen LogP contribution in [0.5, 0.6) is 0 Å². The van der Waals surface area contributed by atoms with Crippen LogP contribution in [-0.2, 0) is 11.3 Å². The first-order valence-electron chi connectivity index (χ1n) is 10.2. The summed E-state index contributed by atoms with van der Waals surface area (Å²) in [7, 11) is 0. The molecule has 1 aliphatic heterocycles. The van der Waals surface area contributed by atoms with E-state index in [4.69, 9.17) is 4.74 Å². The lowest BCUT2D eigenvalue weighted by Gasteiger charge is -2.26. The number of amides is 2. The molecule has 1 aliphatic rings. The summed E-state index contributed by atoms with van der Waals surface area (Å²) in [5, 5.41) is 2.95. The molecule has 0 saturated carbocycles. The Morgan fingerprint density at radius 3 is 2.48 bits per heavy atom. The third kappa shape index (κ3) is 6.14. The number of rotatable bonds is 8. The first-order chi connectivity index (χ1) is 14.2. The lowest BCUT2D eigenvalue weighted by molar-refractivity contribution is 0.0383. The van der Waals surface area contributed by atoms with E-state index in [1.165, 1.54) is 0 Å². The van der Waals surface area contributed by atoms with Crippen LogP contribution in [-0.4, -0.2) is 67.6 Å². The number of ether oxygens (including phenoxy) is 1. The third-order valence-electron chi connectivity index (χ3n) is 5.07. The molecule has 0 atom stereocenters. The van der Waals surface area contributed by atoms with Crippen LogP contribution in [0.15, 0.2) is 54.6 Å². The number of hydrogen-bond donors (Lipinski definition) is 1. The predicted octanol–water partition coefficient (Wildman–Crippen LogP) is 2.41. The van der Waals surface area contributed by atoms with Gasteiger partial charge < -0.3 is 15.0 Å². The van der Waals surface area contributed by atoms with E-state index in [2.05, 4.69) is 10.2 Å². The Morgan fingerprint density at radius 1 is 1.03 bits per heavy atom. The lowest BCUT2D eigenvalue weighted by atomic mass is 10.1. The Kier molecular flexibility index (Phi) is 7.78. The van der Waals surface area contributed by atoms with Gasteiger partial charge in [0.25, 0.3) is 11.8 Å². The second-order valence-electron chi connectivity index (χ2n) is 7.10. The van der Waals surface area contributed by atoms with Gasteiger partial charge in [0.15, 0.2) is 0 Å². The lowest BCUT2D eigenvalue weighted by Crippen LogP contribution is -2.41. The van der Waals surface area contributed by atoms with Gasteiger partial charge in [-0.05, 0) is 30.7 Å². The largest absolute Gasteiger partial charge is 0.379 e. The zero-order valence-corrected chi connectivity index (χ0v) is 17.0. The molecule has 0 bridgehead atoms. The summed E-state index contributed by atoms with van der Waals surface area (Å²) in [4.78, 5) is 29.5. The van der Waals surface area contributed by atoms with Gasteiger partial charge in [0, 0.05) is 50.4 Å². The highest BCUT2D eigenvalue weighted by Crippen LogP contribution is 2.12. The van der Waals surface area contributed by atoms with Gasteiger partial charge in [0.2, 0.25) is 0 Å².